The molecule has 1 aliphatic heterocycles. The third-order valence-corrected chi connectivity index (χ3v) is 4.67. The van der Waals surface area contributed by atoms with Crippen molar-refractivity contribution < 1.29 is 9.59 Å². The van der Waals surface area contributed by atoms with Crippen LogP contribution in [0, 0.1) is 5.92 Å². The van der Waals surface area contributed by atoms with Crippen LogP contribution in [0.1, 0.15) is 46.7 Å². The van der Waals surface area contributed by atoms with Gasteiger partial charge in [0.15, 0.2) is 0 Å². The van der Waals surface area contributed by atoms with Crippen LogP contribution in [0.3, 0.4) is 0 Å². The molecule has 0 saturated carbocycles. The molecule has 0 bridgehead atoms. The monoisotopic (exact) mass is 367 g/mol. The van der Waals surface area contributed by atoms with Crippen LogP contribution in [0.15, 0.2) is 42.4 Å². The van der Waals surface area contributed by atoms with Crippen LogP contribution in [-0.2, 0) is 13.0 Å². The van der Waals surface area contributed by atoms with Crippen molar-refractivity contribution in [3.05, 3.63) is 59.2 Å². The summed E-state index contributed by atoms with van der Waals surface area (Å²) in [6, 6.07) is 3.49. The Morgan fingerprint density at radius 1 is 1.26 bits per heavy atom. The molecule has 0 radical (unpaired) electrons. The zero-order valence-corrected chi connectivity index (χ0v) is 15.7. The van der Waals surface area contributed by atoms with E-state index in [1.165, 1.54) is 0 Å². The van der Waals surface area contributed by atoms with Gasteiger partial charge in [0.1, 0.15) is 0 Å². The van der Waals surface area contributed by atoms with Gasteiger partial charge >= 0.3 is 0 Å². The topological polar surface area (TPSA) is 88.9 Å². The molecule has 0 aromatic carbocycles. The molecule has 27 heavy (non-hydrogen) atoms. The van der Waals surface area contributed by atoms with Crippen molar-refractivity contribution in [1.82, 2.24) is 25.4 Å². The first-order chi connectivity index (χ1) is 13.0. The highest BCUT2D eigenvalue weighted by molar-refractivity contribution is 5.95. The van der Waals surface area contributed by atoms with E-state index in [2.05, 4.69) is 20.7 Å². The predicted molar refractivity (Wildman–Crippen MR) is 102 cm³/mol. The molecule has 0 fully saturated rings. The number of hydrogen-bond donors (Lipinski definition) is 2. The molecule has 142 valence electrons. The van der Waals surface area contributed by atoms with E-state index >= 15 is 0 Å². The Bertz CT molecular complexity index is 837. The molecule has 7 nitrogen and oxygen atoms in total. The van der Waals surface area contributed by atoms with Gasteiger partial charge in [-0.05, 0) is 44.7 Å². The molecule has 1 unspecified atom stereocenters. The summed E-state index contributed by atoms with van der Waals surface area (Å²) in [5.41, 5.74) is 3.28. The van der Waals surface area contributed by atoms with Crippen LogP contribution in [0.5, 0.6) is 0 Å². The van der Waals surface area contributed by atoms with Gasteiger partial charge in [-0.25, -0.2) is 0 Å². The van der Waals surface area contributed by atoms with Crippen molar-refractivity contribution in [2.75, 3.05) is 13.1 Å². The van der Waals surface area contributed by atoms with Gasteiger partial charge < -0.3 is 10.6 Å². The zero-order chi connectivity index (χ0) is 19.2. The lowest BCUT2D eigenvalue weighted by molar-refractivity contribution is 0.0936. The molecule has 1 atom stereocenters. The van der Waals surface area contributed by atoms with Gasteiger partial charge in [0.05, 0.1) is 23.0 Å². The normalized spacial score (nSPS) is 15.6. The van der Waals surface area contributed by atoms with E-state index in [0.29, 0.717) is 24.2 Å². The molecule has 0 spiro atoms. The molecule has 2 amide bonds. The number of carbonyl (C=O) groups is 2. The molecule has 0 aliphatic carbocycles. The van der Waals surface area contributed by atoms with E-state index in [0.717, 1.165) is 30.7 Å². The Balaban J connectivity index is 1.59. The summed E-state index contributed by atoms with van der Waals surface area (Å²) < 4.78 is 1.90. The van der Waals surface area contributed by atoms with Crippen molar-refractivity contribution in [2.24, 2.45) is 5.92 Å². The van der Waals surface area contributed by atoms with E-state index in [-0.39, 0.29) is 17.7 Å². The number of aryl methyl sites for hydroxylation is 1. The second-order valence-corrected chi connectivity index (χ2v) is 7.03. The molecular formula is C20H25N5O2. The van der Waals surface area contributed by atoms with Crippen LogP contribution < -0.4 is 10.6 Å². The quantitative estimate of drug-likeness (QED) is 0.764. The smallest absolute Gasteiger partial charge is 0.255 e. The first-order valence-electron chi connectivity index (χ1n) is 9.19. The Hall–Kier alpha value is -2.96. The Labute approximate surface area is 158 Å². The lowest BCUT2D eigenvalue weighted by Crippen LogP contribution is -2.34. The fourth-order valence-electron chi connectivity index (χ4n) is 3.14. The zero-order valence-electron chi connectivity index (χ0n) is 15.7. The largest absolute Gasteiger partial charge is 0.352 e. The highest BCUT2D eigenvalue weighted by atomic mass is 16.2. The number of hydrogen-bond acceptors (Lipinski definition) is 4. The van der Waals surface area contributed by atoms with Crippen LogP contribution in [0.4, 0.5) is 0 Å². The summed E-state index contributed by atoms with van der Waals surface area (Å²) in [6.07, 6.45) is 8.46. The molecule has 3 rings (SSSR count). The van der Waals surface area contributed by atoms with E-state index in [1.807, 2.05) is 24.6 Å². The minimum atomic E-state index is -0.123. The van der Waals surface area contributed by atoms with Gasteiger partial charge in [0.25, 0.3) is 11.8 Å². The number of pyridine rings is 1. The van der Waals surface area contributed by atoms with E-state index in [9.17, 15) is 9.59 Å². The number of nitrogens with zero attached hydrogens (tertiary/aromatic N) is 3. The lowest BCUT2D eigenvalue weighted by Gasteiger charge is -2.24. The average Bonchev–Trinajstić information content (AvgIpc) is 3.09. The maximum absolute atomic E-state index is 12.4. The van der Waals surface area contributed by atoms with Gasteiger partial charge in [-0.1, -0.05) is 11.6 Å². The first-order valence-corrected chi connectivity index (χ1v) is 9.19. The summed E-state index contributed by atoms with van der Waals surface area (Å²) in [5, 5.41) is 10.2. The minimum absolute atomic E-state index is 0.103. The van der Waals surface area contributed by atoms with Crippen LogP contribution in [0.25, 0.3) is 0 Å². The van der Waals surface area contributed by atoms with Crippen molar-refractivity contribution in [3.8, 4) is 0 Å². The number of rotatable bonds is 6. The fourth-order valence-corrected chi connectivity index (χ4v) is 3.14. The van der Waals surface area contributed by atoms with E-state index in [1.54, 1.807) is 30.7 Å². The Morgan fingerprint density at radius 2 is 2.11 bits per heavy atom. The van der Waals surface area contributed by atoms with Crippen molar-refractivity contribution in [3.63, 3.8) is 0 Å². The highest BCUT2D eigenvalue weighted by Gasteiger charge is 2.25. The molecule has 0 saturated heterocycles. The third-order valence-electron chi connectivity index (χ3n) is 4.67. The second kappa shape index (κ2) is 8.62. The van der Waals surface area contributed by atoms with Crippen molar-refractivity contribution in [2.45, 2.75) is 33.2 Å². The maximum Gasteiger partial charge on any atom is 0.255 e. The van der Waals surface area contributed by atoms with Gasteiger partial charge in [-0.15, -0.1) is 0 Å². The van der Waals surface area contributed by atoms with Crippen LogP contribution in [-0.4, -0.2) is 39.7 Å². The number of nitrogens with one attached hydrogen (secondary N) is 2. The van der Waals surface area contributed by atoms with Crippen LogP contribution >= 0.6 is 0 Å². The molecular weight excluding hydrogens is 342 g/mol. The molecule has 2 N–H and O–H groups in total. The fraction of sp³-hybridized carbons (Fsp3) is 0.400. The minimum Gasteiger partial charge on any atom is -0.352 e. The molecule has 2 aromatic rings. The standard InChI is InChI=1S/C20H25N5O2/c1-14(2)5-8-22-20(27)17-13-24-25-9-6-15(10-18(17)25)11-23-19(26)16-4-3-7-21-12-16/h3-5,7,12-13,15H,6,8-11H2,1-2H3,(H,22,27)(H,23,26). The first kappa shape index (κ1) is 18.8. The molecule has 1 aliphatic rings. The van der Waals surface area contributed by atoms with Gasteiger partial charge in [0.2, 0.25) is 0 Å². The molecule has 3 heterocycles. The molecule has 7 heteroatoms. The summed E-state index contributed by atoms with van der Waals surface area (Å²) in [4.78, 5) is 28.6. The number of carbonyl (C=O) groups excluding carboxylic acids is 2. The summed E-state index contributed by atoms with van der Waals surface area (Å²) >= 11 is 0. The maximum atomic E-state index is 12.4. The number of fused-ring (bicyclic) bond motifs is 1. The Morgan fingerprint density at radius 3 is 2.85 bits per heavy atom. The van der Waals surface area contributed by atoms with Crippen molar-refractivity contribution in [1.29, 1.82) is 0 Å². The van der Waals surface area contributed by atoms with Crippen molar-refractivity contribution >= 4 is 11.8 Å². The summed E-state index contributed by atoms with van der Waals surface area (Å²) in [6.45, 7) is 5.83. The summed E-state index contributed by atoms with van der Waals surface area (Å²) in [5.74, 6) is 0.0508. The average molecular weight is 367 g/mol. The third kappa shape index (κ3) is 4.81. The van der Waals surface area contributed by atoms with Gasteiger partial charge in [-0.3, -0.25) is 19.3 Å². The number of amides is 2. The summed E-state index contributed by atoms with van der Waals surface area (Å²) in [7, 11) is 0. The number of aromatic nitrogens is 3. The molecule has 2 aromatic heterocycles. The van der Waals surface area contributed by atoms with E-state index < -0.39 is 0 Å². The predicted octanol–water partition coefficient (Wildman–Crippen LogP) is 1.97. The second-order valence-electron chi connectivity index (χ2n) is 7.03. The lowest BCUT2D eigenvalue weighted by atomic mass is 9.94. The highest BCUT2D eigenvalue weighted by Crippen LogP contribution is 2.22. The van der Waals surface area contributed by atoms with Gasteiger partial charge in [0, 0.05) is 32.0 Å². The van der Waals surface area contributed by atoms with Crippen LogP contribution in [0.2, 0.25) is 0 Å². The SMILES string of the molecule is CC(C)=CCNC(=O)c1cnn2c1CC(CNC(=O)c1cccnc1)CC2. The van der Waals surface area contributed by atoms with E-state index in [4.69, 9.17) is 0 Å². The van der Waals surface area contributed by atoms with Gasteiger partial charge in [-0.2, -0.15) is 5.10 Å². The Kier molecular flexibility index (Phi) is 6.01. The number of allylic oxidation sites excluding steroid dienone is 1.